The van der Waals surface area contributed by atoms with Crippen LogP contribution in [0.3, 0.4) is 0 Å². The molecule has 0 radical (unpaired) electrons. The second-order valence-corrected chi connectivity index (χ2v) is 6.60. The number of likely N-dealkylation sites (N-methyl/N-ethyl adjacent to an activating group) is 1. The summed E-state index contributed by atoms with van der Waals surface area (Å²) in [4.78, 5) is 2.57. The molecule has 2 N–H and O–H groups in total. The molecule has 106 valence electrons. The molecule has 3 heteroatoms. The van der Waals surface area contributed by atoms with E-state index >= 15 is 0 Å². The minimum absolute atomic E-state index is 0.0327. The number of aliphatic hydroxyl groups excluding tert-OH is 1. The fourth-order valence-corrected chi connectivity index (χ4v) is 3.44. The third kappa shape index (κ3) is 3.06. The van der Waals surface area contributed by atoms with E-state index in [2.05, 4.69) is 31.0 Å². The molecule has 2 rings (SSSR count). The Morgan fingerprint density at radius 1 is 1.22 bits per heavy atom. The van der Waals surface area contributed by atoms with E-state index < -0.39 is 0 Å². The lowest BCUT2D eigenvalue weighted by Gasteiger charge is -2.42. The molecule has 1 saturated heterocycles. The Bertz CT molecular complexity index is 267. The Morgan fingerprint density at radius 3 is 2.44 bits per heavy atom. The molecule has 3 unspecified atom stereocenters. The van der Waals surface area contributed by atoms with Crippen molar-refractivity contribution in [3.8, 4) is 0 Å². The lowest BCUT2D eigenvalue weighted by atomic mass is 9.86. The molecule has 0 spiro atoms. The fraction of sp³-hybridized carbons (Fsp3) is 1.00. The van der Waals surface area contributed by atoms with Crippen molar-refractivity contribution in [3.05, 3.63) is 0 Å². The molecule has 1 aliphatic carbocycles. The maximum absolute atomic E-state index is 9.88. The normalized spacial score (nSPS) is 33.3. The van der Waals surface area contributed by atoms with Gasteiger partial charge in [0.15, 0.2) is 0 Å². The monoisotopic (exact) mass is 254 g/mol. The Hall–Kier alpha value is -0.120. The predicted octanol–water partition coefficient (Wildman–Crippen LogP) is 1.71. The van der Waals surface area contributed by atoms with Crippen LogP contribution >= 0.6 is 0 Å². The predicted molar refractivity (Wildman–Crippen MR) is 75.6 cm³/mol. The summed E-state index contributed by atoms with van der Waals surface area (Å²) in [6.45, 7) is 11.5. The molecule has 3 atom stereocenters. The molecule has 2 fully saturated rings. The van der Waals surface area contributed by atoms with Gasteiger partial charge in [-0.1, -0.05) is 20.8 Å². The van der Waals surface area contributed by atoms with Crippen molar-refractivity contribution in [3.63, 3.8) is 0 Å². The Balaban J connectivity index is 1.96. The number of rotatable bonds is 6. The van der Waals surface area contributed by atoms with Crippen molar-refractivity contribution >= 4 is 0 Å². The SMILES string of the molecule is CCNC(CO)(CN1CCC(C)C(C)C1)C1CC1. The molecule has 3 nitrogen and oxygen atoms in total. The van der Waals surface area contributed by atoms with Crippen LogP contribution in [-0.2, 0) is 0 Å². The van der Waals surface area contributed by atoms with Crippen LogP contribution < -0.4 is 5.32 Å². The molecule has 1 aliphatic heterocycles. The van der Waals surface area contributed by atoms with Crippen molar-refractivity contribution in [1.29, 1.82) is 0 Å². The van der Waals surface area contributed by atoms with Crippen LogP contribution in [0.1, 0.15) is 40.0 Å². The van der Waals surface area contributed by atoms with Crippen LogP contribution in [0, 0.1) is 17.8 Å². The highest BCUT2D eigenvalue weighted by atomic mass is 16.3. The summed E-state index contributed by atoms with van der Waals surface area (Å²) < 4.78 is 0. The Morgan fingerprint density at radius 2 is 1.94 bits per heavy atom. The van der Waals surface area contributed by atoms with E-state index in [1.54, 1.807) is 0 Å². The van der Waals surface area contributed by atoms with Gasteiger partial charge in [0.2, 0.25) is 0 Å². The second kappa shape index (κ2) is 5.89. The smallest absolute Gasteiger partial charge is 0.0628 e. The van der Waals surface area contributed by atoms with Gasteiger partial charge in [0.25, 0.3) is 0 Å². The summed E-state index contributed by atoms with van der Waals surface area (Å²) in [5.41, 5.74) is -0.0327. The Kier molecular flexibility index (Phi) is 4.68. The zero-order valence-electron chi connectivity index (χ0n) is 12.3. The summed E-state index contributed by atoms with van der Waals surface area (Å²) in [6, 6.07) is 0. The molecule has 0 aromatic carbocycles. The first kappa shape index (κ1) is 14.3. The van der Waals surface area contributed by atoms with Crippen LogP contribution in [0.2, 0.25) is 0 Å². The number of aliphatic hydroxyl groups is 1. The van der Waals surface area contributed by atoms with Crippen molar-refractivity contribution in [2.24, 2.45) is 17.8 Å². The molecule has 0 bridgehead atoms. The average molecular weight is 254 g/mol. The van der Waals surface area contributed by atoms with Crippen LogP contribution in [0.25, 0.3) is 0 Å². The summed E-state index contributed by atoms with van der Waals surface area (Å²) in [5, 5.41) is 13.5. The first-order valence-electron chi connectivity index (χ1n) is 7.69. The first-order chi connectivity index (χ1) is 8.61. The number of piperidine rings is 1. The topological polar surface area (TPSA) is 35.5 Å². The van der Waals surface area contributed by atoms with E-state index in [-0.39, 0.29) is 12.1 Å². The van der Waals surface area contributed by atoms with Crippen molar-refractivity contribution in [2.75, 3.05) is 32.8 Å². The van der Waals surface area contributed by atoms with E-state index in [9.17, 15) is 5.11 Å². The van der Waals surface area contributed by atoms with Gasteiger partial charge >= 0.3 is 0 Å². The van der Waals surface area contributed by atoms with Gasteiger partial charge in [-0.2, -0.15) is 0 Å². The third-order valence-electron chi connectivity index (χ3n) is 5.09. The Labute approximate surface area is 112 Å². The summed E-state index contributed by atoms with van der Waals surface area (Å²) in [5.74, 6) is 2.33. The highest BCUT2D eigenvalue weighted by Crippen LogP contribution is 2.40. The van der Waals surface area contributed by atoms with Crippen LogP contribution in [0.15, 0.2) is 0 Å². The van der Waals surface area contributed by atoms with Crippen LogP contribution in [0.4, 0.5) is 0 Å². The highest BCUT2D eigenvalue weighted by Gasteiger charge is 2.45. The molecule has 0 aromatic rings. The summed E-state index contributed by atoms with van der Waals surface area (Å²) >= 11 is 0. The quantitative estimate of drug-likeness (QED) is 0.757. The van der Waals surface area contributed by atoms with Gasteiger partial charge in [-0.05, 0) is 50.1 Å². The number of nitrogens with one attached hydrogen (secondary N) is 1. The van der Waals surface area contributed by atoms with E-state index in [4.69, 9.17) is 0 Å². The largest absolute Gasteiger partial charge is 0.394 e. The zero-order chi connectivity index (χ0) is 13.2. The van der Waals surface area contributed by atoms with Gasteiger partial charge in [0.05, 0.1) is 12.1 Å². The molecular weight excluding hydrogens is 224 g/mol. The van der Waals surface area contributed by atoms with Gasteiger partial charge < -0.3 is 15.3 Å². The number of nitrogens with zero attached hydrogens (tertiary/aromatic N) is 1. The molecule has 2 aliphatic rings. The van der Waals surface area contributed by atoms with E-state index in [0.717, 1.165) is 24.9 Å². The van der Waals surface area contributed by atoms with Gasteiger partial charge in [-0.3, -0.25) is 0 Å². The maximum atomic E-state index is 9.88. The van der Waals surface area contributed by atoms with Gasteiger partial charge in [0, 0.05) is 13.1 Å². The number of hydrogen-bond acceptors (Lipinski definition) is 3. The molecular formula is C15H30N2O. The van der Waals surface area contributed by atoms with E-state index in [0.29, 0.717) is 5.92 Å². The summed E-state index contributed by atoms with van der Waals surface area (Å²) in [6.07, 6.45) is 3.88. The minimum atomic E-state index is -0.0327. The lowest BCUT2D eigenvalue weighted by molar-refractivity contribution is 0.0585. The molecule has 0 aromatic heterocycles. The van der Waals surface area contributed by atoms with Crippen molar-refractivity contribution in [2.45, 2.75) is 45.6 Å². The van der Waals surface area contributed by atoms with Gasteiger partial charge in [-0.25, -0.2) is 0 Å². The second-order valence-electron chi connectivity index (χ2n) is 6.60. The fourth-order valence-electron chi connectivity index (χ4n) is 3.44. The summed E-state index contributed by atoms with van der Waals surface area (Å²) in [7, 11) is 0. The van der Waals surface area contributed by atoms with Crippen molar-refractivity contribution < 1.29 is 5.11 Å². The molecule has 0 amide bonds. The molecule has 18 heavy (non-hydrogen) atoms. The third-order valence-corrected chi connectivity index (χ3v) is 5.09. The van der Waals surface area contributed by atoms with E-state index in [1.165, 1.54) is 32.4 Å². The van der Waals surface area contributed by atoms with Crippen LogP contribution in [0.5, 0.6) is 0 Å². The average Bonchev–Trinajstić information content (AvgIpc) is 3.17. The highest BCUT2D eigenvalue weighted by molar-refractivity contribution is 5.03. The zero-order valence-corrected chi connectivity index (χ0v) is 12.3. The number of hydrogen-bond donors (Lipinski definition) is 2. The minimum Gasteiger partial charge on any atom is -0.394 e. The molecule has 1 heterocycles. The van der Waals surface area contributed by atoms with E-state index in [1.807, 2.05) is 0 Å². The maximum Gasteiger partial charge on any atom is 0.0628 e. The van der Waals surface area contributed by atoms with Gasteiger partial charge in [-0.15, -0.1) is 0 Å². The van der Waals surface area contributed by atoms with Crippen LogP contribution in [-0.4, -0.2) is 48.3 Å². The van der Waals surface area contributed by atoms with Crippen molar-refractivity contribution in [1.82, 2.24) is 10.2 Å². The molecule has 1 saturated carbocycles. The standard InChI is InChI=1S/C15H30N2O/c1-4-16-15(11-18,14-5-6-14)10-17-8-7-12(2)13(3)9-17/h12-14,16,18H,4-11H2,1-3H3. The first-order valence-corrected chi connectivity index (χ1v) is 7.69. The lowest BCUT2D eigenvalue weighted by Crippen LogP contribution is -2.59. The number of likely N-dealkylation sites (tertiary alicyclic amines) is 1. The van der Waals surface area contributed by atoms with Gasteiger partial charge in [0.1, 0.15) is 0 Å².